The van der Waals surface area contributed by atoms with Crippen molar-refractivity contribution in [1.29, 1.82) is 0 Å². The van der Waals surface area contributed by atoms with Crippen LogP contribution in [0.2, 0.25) is 0 Å². The van der Waals surface area contributed by atoms with E-state index in [9.17, 15) is 0 Å². The summed E-state index contributed by atoms with van der Waals surface area (Å²) in [4.78, 5) is 4.35. The molecule has 0 bridgehead atoms. The van der Waals surface area contributed by atoms with Gasteiger partial charge in [0.1, 0.15) is 5.82 Å². The lowest BCUT2D eigenvalue weighted by Gasteiger charge is -2.09. The van der Waals surface area contributed by atoms with Crippen LogP contribution in [-0.2, 0) is 6.42 Å². The van der Waals surface area contributed by atoms with E-state index in [0.717, 1.165) is 11.5 Å². The molecule has 0 radical (unpaired) electrons. The summed E-state index contributed by atoms with van der Waals surface area (Å²) in [7, 11) is 0. The van der Waals surface area contributed by atoms with Crippen LogP contribution in [0, 0.1) is 6.92 Å². The third kappa shape index (κ3) is 1.88. The average molecular weight is 240 g/mol. The average Bonchev–Trinajstić information content (AvgIpc) is 3.02. The number of rotatable bonds is 3. The second-order valence-corrected chi connectivity index (χ2v) is 4.00. The molecule has 0 fully saturated rings. The van der Waals surface area contributed by atoms with Gasteiger partial charge in [0, 0.05) is 18.1 Å². The van der Waals surface area contributed by atoms with Gasteiger partial charge in [-0.3, -0.25) is 0 Å². The predicted molar refractivity (Wildman–Crippen MR) is 65.3 cm³/mol. The Balaban J connectivity index is 1.99. The number of tetrazole rings is 1. The summed E-state index contributed by atoms with van der Waals surface area (Å²) in [5.41, 5.74) is 2.32. The lowest BCUT2D eigenvalue weighted by atomic mass is 10.2. The van der Waals surface area contributed by atoms with Crippen molar-refractivity contribution in [2.45, 2.75) is 13.3 Å². The highest BCUT2D eigenvalue weighted by Gasteiger charge is 2.09. The molecule has 0 amide bonds. The highest BCUT2D eigenvalue weighted by Crippen LogP contribution is 2.16. The summed E-state index contributed by atoms with van der Waals surface area (Å²) in [5, 5.41) is 13.9. The van der Waals surface area contributed by atoms with Crippen molar-refractivity contribution in [1.82, 2.24) is 30.2 Å². The van der Waals surface area contributed by atoms with Crippen molar-refractivity contribution >= 4 is 0 Å². The van der Waals surface area contributed by atoms with Crippen LogP contribution in [0.3, 0.4) is 0 Å². The molecule has 0 saturated carbocycles. The van der Waals surface area contributed by atoms with Crippen LogP contribution < -0.4 is 0 Å². The van der Waals surface area contributed by atoms with Gasteiger partial charge in [0.25, 0.3) is 0 Å². The highest BCUT2D eigenvalue weighted by molar-refractivity contribution is 5.41. The van der Waals surface area contributed by atoms with E-state index in [2.05, 4.69) is 44.7 Å². The molecule has 18 heavy (non-hydrogen) atoms. The molecule has 6 heteroatoms. The van der Waals surface area contributed by atoms with E-state index in [-0.39, 0.29) is 0 Å². The molecule has 0 atom stereocenters. The number of hydrogen-bond acceptors (Lipinski definition) is 4. The minimum atomic E-state index is 0.553. The van der Waals surface area contributed by atoms with Crippen LogP contribution in [0.25, 0.3) is 5.69 Å². The van der Waals surface area contributed by atoms with Gasteiger partial charge in [0.15, 0.2) is 5.82 Å². The predicted octanol–water partition coefficient (Wildman–Crippen LogP) is 1.28. The van der Waals surface area contributed by atoms with Gasteiger partial charge < -0.3 is 4.57 Å². The Morgan fingerprint density at radius 2 is 2.17 bits per heavy atom. The topological polar surface area (TPSA) is 72.3 Å². The molecule has 6 nitrogen and oxygen atoms in total. The molecule has 0 unspecified atom stereocenters. The maximum absolute atomic E-state index is 4.35. The molecule has 0 aliphatic carbocycles. The fourth-order valence-corrected chi connectivity index (χ4v) is 1.92. The molecular formula is C12H12N6. The van der Waals surface area contributed by atoms with Gasteiger partial charge in [-0.05, 0) is 18.6 Å². The maximum Gasteiger partial charge on any atom is 0.182 e. The number of aromatic nitrogens is 6. The molecule has 1 aromatic carbocycles. The number of para-hydroxylation sites is 1. The van der Waals surface area contributed by atoms with Gasteiger partial charge in [0.2, 0.25) is 0 Å². The molecule has 3 rings (SSSR count). The van der Waals surface area contributed by atoms with Crippen molar-refractivity contribution in [2.24, 2.45) is 0 Å². The molecule has 2 aromatic heterocycles. The van der Waals surface area contributed by atoms with E-state index in [1.165, 1.54) is 5.56 Å². The Morgan fingerprint density at radius 1 is 1.28 bits per heavy atom. The maximum atomic E-state index is 4.35. The van der Waals surface area contributed by atoms with Crippen LogP contribution >= 0.6 is 0 Å². The summed E-state index contributed by atoms with van der Waals surface area (Å²) in [6.45, 7) is 2.08. The number of H-pyrrole nitrogens is 1. The van der Waals surface area contributed by atoms with E-state index < -0.39 is 0 Å². The highest BCUT2D eigenvalue weighted by atomic mass is 15.5. The Labute approximate surface area is 104 Å². The first kappa shape index (κ1) is 10.6. The zero-order valence-electron chi connectivity index (χ0n) is 9.91. The zero-order valence-corrected chi connectivity index (χ0v) is 9.91. The van der Waals surface area contributed by atoms with Crippen LogP contribution in [0.4, 0.5) is 0 Å². The second-order valence-electron chi connectivity index (χ2n) is 4.00. The van der Waals surface area contributed by atoms with E-state index in [1.54, 1.807) is 6.20 Å². The van der Waals surface area contributed by atoms with Crippen molar-refractivity contribution in [3.05, 3.63) is 53.9 Å². The molecule has 2 heterocycles. The first-order valence-corrected chi connectivity index (χ1v) is 5.65. The van der Waals surface area contributed by atoms with E-state index in [4.69, 9.17) is 0 Å². The summed E-state index contributed by atoms with van der Waals surface area (Å²) in [6.07, 6.45) is 4.28. The Kier molecular flexibility index (Phi) is 2.60. The van der Waals surface area contributed by atoms with Crippen molar-refractivity contribution in [3.8, 4) is 5.69 Å². The Hall–Kier alpha value is -2.50. The van der Waals surface area contributed by atoms with Gasteiger partial charge in [-0.2, -0.15) is 5.21 Å². The number of nitrogens with zero attached hydrogens (tertiary/aromatic N) is 5. The molecule has 1 N–H and O–H groups in total. The SMILES string of the molecule is Cc1ccccc1-n1ccnc1Cc1nn[nH]n1. The van der Waals surface area contributed by atoms with Gasteiger partial charge >= 0.3 is 0 Å². The van der Waals surface area contributed by atoms with Crippen LogP contribution in [-0.4, -0.2) is 30.2 Å². The van der Waals surface area contributed by atoms with Gasteiger partial charge in [-0.25, -0.2) is 4.98 Å². The molecule has 90 valence electrons. The molecule has 3 aromatic rings. The molecule has 0 aliphatic heterocycles. The van der Waals surface area contributed by atoms with Crippen molar-refractivity contribution in [3.63, 3.8) is 0 Å². The molecule has 0 saturated heterocycles. The van der Waals surface area contributed by atoms with Crippen molar-refractivity contribution in [2.75, 3.05) is 0 Å². The summed E-state index contributed by atoms with van der Waals surface area (Å²) in [5.74, 6) is 1.53. The number of aromatic amines is 1. The van der Waals surface area contributed by atoms with Crippen LogP contribution in [0.1, 0.15) is 17.2 Å². The normalized spacial score (nSPS) is 10.7. The number of hydrogen-bond donors (Lipinski definition) is 1. The van der Waals surface area contributed by atoms with Gasteiger partial charge in [-0.1, -0.05) is 23.4 Å². The summed E-state index contributed by atoms with van der Waals surface area (Å²) < 4.78 is 2.05. The quantitative estimate of drug-likeness (QED) is 0.748. The second kappa shape index (κ2) is 4.40. The fourth-order valence-electron chi connectivity index (χ4n) is 1.92. The summed E-state index contributed by atoms with van der Waals surface area (Å²) >= 11 is 0. The van der Waals surface area contributed by atoms with Gasteiger partial charge in [0.05, 0.1) is 6.42 Å². The summed E-state index contributed by atoms with van der Waals surface area (Å²) in [6, 6.07) is 8.18. The standard InChI is InChI=1S/C12H12N6/c1-9-4-2-3-5-10(9)18-7-6-13-12(18)8-11-14-16-17-15-11/h2-7H,8H2,1H3,(H,14,15,16,17). The number of imidazole rings is 1. The number of benzene rings is 1. The molecular weight excluding hydrogens is 228 g/mol. The minimum absolute atomic E-state index is 0.553. The van der Waals surface area contributed by atoms with E-state index in [1.807, 2.05) is 22.9 Å². The third-order valence-electron chi connectivity index (χ3n) is 2.80. The lowest BCUT2D eigenvalue weighted by molar-refractivity contribution is 0.859. The zero-order chi connectivity index (χ0) is 12.4. The van der Waals surface area contributed by atoms with Crippen LogP contribution in [0.5, 0.6) is 0 Å². The molecule has 0 spiro atoms. The first-order valence-electron chi connectivity index (χ1n) is 5.65. The Bertz CT molecular complexity index is 640. The largest absolute Gasteiger partial charge is 0.303 e. The smallest absolute Gasteiger partial charge is 0.182 e. The van der Waals surface area contributed by atoms with Crippen molar-refractivity contribution < 1.29 is 0 Å². The Morgan fingerprint density at radius 3 is 2.94 bits per heavy atom. The first-order chi connectivity index (χ1) is 8.84. The lowest BCUT2D eigenvalue weighted by Crippen LogP contribution is -2.04. The number of aryl methyl sites for hydroxylation is 1. The minimum Gasteiger partial charge on any atom is -0.303 e. The van der Waals surface area contributed by atoms with E-state index in [0.29, 0.717) is 12.2 Å². The van der Waals surface area contributed by atoms with E-state index >= 15 is 0 Å². The fraction of sp³-hybridized carbons (Fsp3) is 0.167. The van der Waals surface area contributed by atoms with Crippen LogP contribution in [0.15, 0.2) is 36.7 Å². The molecule has 0 aliphatic rings. The van der Waals surface area contributed by atoms with Gasteiger partial charge in [-0.15, -0.1) is 10.2 Å². The third-order valence-corrected chi connectivity index (χ3v) is 2.80. The monoisotopic (exact) mass is 240 g/mol. The number of nitrogens with one attached hydrogen (secondary N) is 1.